The van der Waals surface area contributed by atoms with Crippen molar-refractivity contribution >= 4 is 15.9 Å². The highest BCUT2D eigenvalue weighted by Crippen LogP contribution is 2.57. The maximum atomic E-state index is 4.58. The van der Waals surface area contributed by atoms with Crippen LogP contribution in [0.4, 0.5) is 0 Å². The fourth-order valence-electron chi connectivity index (χ4n) is 3.87. The van der Waals surface area contributed by atoms with Gasteiger partial charge < -0.3 is 5.32 Å². The Morgan fingerprint density at radius 2 is 2.05 bits per heavy atom. The highest BCUT2D eigenvalue weighted by molar-refractivity contribution is 9.10. The van der Waals surface area contributed by atoms with E-state index in [2.05, 4.69) is 51.8 Å². The molecule has 1 aromatic heterocycles. The van der Waals surface area contributed by atoms with Gasteiger partial charge in [0.15, 0.2) is 0 Å². The Hall–Kier alpha value is -0.350. The lowest BCUT2D eigenvalue weighted by molar-refractivity contribution is 0.316. The standard InChI is InChI=1S/C16H26BrN3/c1-4-5-18-15(13-7-11-6-12(11)8-13)16-14(17)9-19-20(16)10(2)3/h9-13,15,18H,4-8H2,1-3H3. The van der Waals surface area contributed by atoms with Crippen LogP contribution in [0.2, 0.25) is 0 Å². The van der Waals surface area contributed by atoms with Gasteiger partial charge in [0, 0.05) is 6.04 Å². The van der Waals surface area contributed by atoms with Crippen LogP contribution in [-0.2, 0) is 0 Å². The fraction of sp³-hybridized carbons (Fsp3) is 0.812. The molecule has 2 aliphatic carbocycles. The Kier molecular flexibility index (Phi) is 4.23. The molecule has 2 saturated carbocycles. The van der Waals surface area contributed by atoms with Crippen LogP contribution in [0, 0.1) is 17.8 Å². The van der Waals surface area contributed by atoms with Crippen LogP contribution in [0.15, 0.2) is 10.7 Å². The molecule has 4 heteroatoms. The Bertz CT molecular complexity index is 458. The monoisotopic (exact) mass is 339 g/mol. The molecule has 1 aromatic rings. The third-order valence-corrected chi connectivity index (χ3v) is 5.55. The van der Waals surface area contributed by atoms with E-state index in [1.165, 1.54) is 35.8 Å². The van der Waals surface area contributed by atoms with Crippen molar-refractivity contribution in [2.24, 2.45) is 17.8 Å². The van der Waals surface area contributed by atoms with Crippen LogP contribution in [0.25, 0.3) is 0 Å². The van der Waals surface area contributed by atoms with Crippen LogP contribution in [-0.4, -0.2) is 16.3 Å². The second kappa shape index (κ2) is 5.80. The van der Waals surface area contributed by atoms with Crippen molar-refractivity contribution in [2.75, 3.05) is 6.54 Å². The minimum atomic E-state index is 0.415. The van der Waals surface area contributed by atoms with Gasteiger partial charge in [0.2, 0.25) is 0 Å². The second-order valence-corrected chi connectivity index (χ2v) is 7.69. The highest BCUT2D eigenvalue weighted by Gasteiger charge is 2.48. The van der Waals surface area contributed by atoms with Crippen molar-refractivity contribution in [3.05, 3.63) is 16.4 Å². The van der Waals surface area contributed by atoms with E-state index >= 15 is 0 Å². The largest absolute Gasteiger partial charge is 0.308 e. The Morgan fingerprint density at radius 3 is 2.65 bits per heavy atom. The third kappa shape index (κ3) is 2.69. The summed E-state index contributed by atoms with van der Waals surface area (Å²) in [5.41, 5.74) is 1.36. The lowest BCUT2D eigenvalue weighted by Crippen LogP contribution is -2.31. The average Bonchev–Trinajstić information content (AvgIpc) is 2.83. The van der Waals surface area contributed by atoms with Gasteiger partial charge in [0.1, 0.15) is 0 Å². The van der Waals surface area contributed by atoms with E-state index in [4.69, 9.17) is 0 Å². The summed E-state index contributed by atoms with van der Waals surface area (Å²) in [6.45, 7) is 7.76. The van der Waals surface area contributed by atoms with Gasteiger partial charge in [-0.1, -0.05) is 6.92 Å². The van der Waals surface area contributed by atoms with Crippen LogP contribution in [0.3, 0.4) is 0 Å². The van der Waals surface area contributed by atoms with Crippen molar-refractivity contribution in [1.82, 2.24) is 15.1 Å². The maximum absolute atomic E-state index is 4.58. The molecule has 3 rings (SSSR count). The van der Waals surface area contributed by atoms with Gasteiger partial charge in [-0.05, 0) is 79.8 Å². The van der Waals surface area contributed by atoms with Crippen molar-refractivity contribution in [3.63, 3.8) is 0 Å². The quantitative estimate of drug-likeness (QED) is 0.836. The molecule has 20 heavy (non-hydrogen) atoms. The first-order chi connectivity index (χ1) is 9.61. The summed E-state index contributed by atoms with van der Waals surface area (Å²) in [5, 5.41) is 8.38. The van der Waals surface area contributed by atoms with E-state index in [9.17, 15) is 0 Å². The second-order valence-electron chi connectivity index (χ2n) is 6.84. The zero-order valence-electron chi connectivity index (χ0n) is 12.8. The van der Waals surface area contributed by atoms with Crippen molar-refractivity contribution < 1.29 is 0 Å². The van der Waals surface area contributed by atoms with Gasteiger partial charge in [-0.2, -0.15) is 5.10 Å². The summed E-state index contributed by atoms with van der Waals surface area (Å²) in [6, 6.07) is 0.875. The SMILES string of the molecule is CCCNC(c1c(Br)cnn1C(C)C)C1CC2CC2C1. The molecule has 0 saturated heterocycles. The van der Waals surface area contributed by atoms with Crippen molar-refractivity contribution in [2.45, 2.75) is 58.5 Å². The van der Waals surface area contributed by atoms with Gasteiger partial charge in [-0.3, -0.25) is 4.68 Å². The molecule has 0 spiro atoms. The molecule has 0 aromatic carbocycles. The number of rotatable bonds is 6. The summed E-state index contributed by atoms with van der Waals surface area (Å²) in [6.07, 6.45) is 7.44. The first-order valence-corrected chi connectivity index (χ1v) is 8.87. The average molecular weight is 340 g/mol. The van der Waals surface area contributed by atoms with Crippen LogP contribution in [0.1, 0.15) is 64.2 Å². The number of halogens is 1. The van der Waals surface area contributed by atoms with E-state index in [1.54, 1.807) is 0 Å². The summed E-state index contributed by atoms with van der Waals surface area (Å²) < 4.78 is 3.36. The molecule has 2 fully saturated rings. The smallest absolute Gasteiger partial charge is 0.0701 e. The van der Waals surface area contributed by atoms with Gasteiger partial charge in [-0.15, -0.1) is 0 Å². The van der Waals surface area contributed by atoms with E-state index in [-0.39, 0.29) is 0 Å². The number of aromatic nitrogens is 2. The molecule has 0 amide bonds. The first kappa shape index (κ1) is 14.6. The van der Waals surface area contributed by atoms with Gasteiger partial charge >= 0.3 is 0 Å². The lowest BCUT2D eigenvalue weighted by Gasteiger charge is -2.28. The van der Waals surface area contributed by atoms with Gasteiger partial charge in [0.25, 0.3) is 0 Å². The zero-order chi connectivity index (χ0) is 14.3. The summed E-state index contributed by atoms with van der Waals surface area (Å²) in [7, 11) is 0. The predicted molar refractivity (Wildman–Crippen MR) is 85.7 cm³/mol. The number of hydrogen-bond donors (Lipinski definition) is 1. The van der Waals surface area contributed by atoms with Crippen LogP contribution >= 0.6 is 15.9 Å². The maximum Gasteiger partial charge on any atom is 0.0701 e. The molecule has 1 heterocycles. The highest BCUT2D eigenvalue weighted by atomic mass is 79.9. The topological polar surface area (TPSA) is 29.9 Å². The fourth-order valence-corrected chi connectivity index (χ4v) is 4.39. The van der Waals surface area contributed by atoms with Gasteiger partial charge in [-0.25, -0.2) is 0 Å². The van der Waals surface area contributed by atoms with Crippen LogP contribution in [0.5, 0.6) is 0 Å². The molecule has 0 radical (unpaired) electrons. The first-order valence-electron chi connectivity index (χ1n) is 8.08. The third-order valence-electron chi connectivity index (χ3n) is 4.94. The minimum Gasteiger partial charge on any atom is -0.308 e. The van der Waals surface area contributed by atoms with Gasteiger partial charge in [0.05, 0.1) is 22.4 Å². The van der Waals surface area contributed by atoms with E-state index in [0.29, 0.717) is 12.1 Å². The Labute approximate surface area is 130 Å². The molecular formula is C16H26BrN3. The summed E-state index contributed by atoms with van der Waals surface area (Å²) >= 11 is 3.73. The molecular weight excluding hydrogens is 314 g/mol. The molecule has 2 aliphatic rings. The number of hydrogen-bond acceptors (Lipinski definition) is 2. The summed E-state index contributed by atoms with van der Waals surface area (Å²) in [4.78, 5) is 0. The van der Waals surface area contributed by atoms with Crippen LogP contribution < -0.4 is 5.32 Å². The van der Waals surface area contributed by atoms with Crippen molar-refractivity contribution in [1.29, 1.82) is 0 Å². The molecule has 3 unspecified atom stereocenters. The minimum absolute atomic E-state index is 0.415. The van der Waals surface area contributed by atoms with Crippen molar-refractivity contribution in [3.8, 4) is 0 Å². The Morgan fingerprint density at radius 1 is 1.35 bits per heavy atom. The lowest BCUT2D eigenvalue weighted by atomic mass is 9.91. The number of nitrogens with zero attached hydrogens (tertiary/aromatic N) is 2. The molecule has 3 atom stereocenters. The predicted octanol–water partition coefficient (Wildman–Crippen LogP) is 4.31. The normalized spacial score (nSPS) is 29.8. The molecule has 112 valence electrons. The number of fused-ring (bicyclic) bond motifs is 1. The van der Waals surface area contributed by atoms with E-state index in [0.717, 1.165) is 24.3 Å². The van der Waals surface area contributed by atoms with E-state index < -0.39 is 0 Å². The zero-order valence-corrected chi connectivity index (χ0v) is 14.4. The Balaban J connectivity index is 1.86. The summed E-state index contributed by atoms with van der Waals surface area (Å²) in [5.74, 6) is 2.84. The molecule has 0 aliphatic heterocycles. The molecule has 0 bridgehead atoms. The van der Waals surface area contributed by atoms with E-state index in [1.807, 2.05) is 6.20 Å². The number of nitrogens with one attached hydrogen (secondary N) is 1. The molecule has 3 nitrogen and oxygen atoms in total. The molecule has 1 N–H and O–H groups in total.